The van der Waals surface area contributed by atoms with Gasteiger partial charge in [-0.2, -0.15) is 0 Å². The van der Waals surface area contributed by atoms with Gasteiger partial charge in [0.15, 0.2) is 0 Å². The van der Waals surface area contributed by atoms with Crippen LogP contribution in [0.15, 0.2) is 30.4 Å². The number of rotatable bonds is 16. The van der Waals surface area contributed by atoms with Crippen molar-refractivity contribution in [2.45, 2.75) is 6.42 Å². The van der Waals surface area contributed by atoms with Crippen LogP contribution in [0, 0.1) is 0 Å². The van der Waals surface area contributed by atoms with Crippen LogP contribution in [-0.4, -0.2) is 82.0 Å². The molecule has 0 radical (unpaired) electrons. The molecular formula is C21H30N4O7. The predicted molar refractivity (Wildman–Crippen MR) is 117 cm³/mol. The molecule has 0 atom stereocenters. The summed E-state index contributed by atoms with van der Waals surface area (Å²) in [5.74, 6) is -0.403. The molecule has 1 heterocycles. The van der Waals surface area contributed by atoms with Crippen LogP contribution >= 0.6 is 0 Å². The van der Waals surface area contributed by atoms with E-state index >= 15 is 0 Å². The van der Waals surface area contributed by atoms with Gasteiger partial charge in [-0.3, -0.25) is 19.3 Å². The standard InChI is InChI=1S/C21H30N4O7/c22-17-2-1-16(15-18(17)23)32-14-13-31-12-11-30-10-9-29-8-6-24-19(26)5-7-25-20(27)3-4-21(25)28/h1-4,15H,5-14,22-23H2,(H,24,26). The van der Waals surface area contributed by atoms with Gasteiger partial charge >= 0.3 is 0 Å². The number of amides is 3. The van der Waals surface area contributed by atoms with Gasteiger partial charge < -0.3 is 35.7 Å². The van der Waals surface area contributed by atoms with Crippen LogP contribution in [0.5, 0.6) is 5.75 Å². The first kappa shape index (κ1) is 25.1. The molecule has 0 spiro atoms. The van der Waals surface area contributed by atoms with Crippen LogP contribution < -0.4 is 21.5 Å². The number of carbonyl (C=O) groups is 3. The summed E-state index contributed by atoms with van der Waals surface area (Å²) in [6.45, 7) is 3.20. The van der Waals surface area contributed by atoms with E-state index in [4.69, 9.17) is 30.4 Å². The molecule has 32 heavy (non-hydrogen) atoms. The zero-order chi connectivity index (χ0) is 23.2. The lowest BCUT2D eigenvalue weighted by Gasteiger charge is -2.13. The quantitative estimate of drug-likeness (QED) is 0.175. The number of nitrogens with zero attached hydrogens (tertiary/aromatic N) is 1. The van der Waals surface area contributed by atoms with Gasteiger partial charge in [0.1, 0.15) is 12.4 Å². The number of benzene rings is 1. The molecule has 0 aliphatic carbocycles. The average molecular weight is 450 g/mol. The Kier molecular flexibility index (Phi) is 11.0. The van der Waals surface area contributed by atoms with E-state index in [1.807, 2.05) is 0 Å². The first-order chi connectivity index (χ1) is 15.5. The van der Waals surface area contributed by atoms with Crippen molar-refractivity contribution >= 4 is 29.1 Å². The molecule has 3 amide bonds. The lowest BCUT2D eigenvalue weighted by Crippen LogP contribution is -2.35. The van der Waals surface area contributed by atoms with Crippen LogP contribution in [0.1, 0.15) is 6.42 Å². The minimum absolute atomic E-state index is 0.0569. The first-order valence-corrected chi connectivity index (χ1v) is 10.3. The van der Waals surface area contributed by atoms with E-state index in [9.17, 15) is 14.4 Å². The SMILES string of the molecule is Nc1ccc(OCCOCCOCCOCCNC(=O)CCN2C(=O)C=CC2=O)cc1N. The minimum Gasteiger partial charge on any atom is -0.491 e. The van der Waals surface area contributed by atoms with E-state index in [1.54, 1.807) is 18.2 Å². The molecule has 1 aromatic carbocycles. The van der Waals surface area contributed by atoms with Gasteiger partial charge in [-0.05, 0) is 12.1 Å². The molecule has 0 bridgehead atoms. The van der Waals surface area contributed by atoms with Crippen molar-refractivity contribution in [2.75, 3.05) is 70.8 Å². The van der Waals surface area contributed by atoms with Crippen LogP contribution in [0.2, 0.25) is 0 Å². The monoisotopic (exact) mass is 450 g/mol. The van der Waals surface area contributed by atoms with E-state index in [2.05, 4.69) is 5.32 Å². The van der Waals surface area contributed by atoms with Crippen molar-refractivity contribution in [3.8, 4) is 5.75 Å². The zero-order valence-corrected chi connectivity index (χ0v) is 17.9. The highest BCUT2D eigenvalue weighted by Gasteiger charge is 2.23. The molecule has 1 aromatic rings. The fourth-order valence-corrected chi connectivity index (χ4v) is 2.62. The van der Waals surface area contributed by atoms with Crippen molar-refractivity contribution in [2.24, 2.45) is 0 Å². The maximum Gasteiger partial charge on any atom is 0.253 e. The number of hydrogen-bond acceptors (Lipinski definition) is 9. The Hall–Kier alpha value is -3.15. The third-order valence-electron chi connectivity index (χ3n) is 4.33. The van der Waals surface area contributed by atoms with Gasteiger partial charge in [-0.25, -0.2) is 0 Å². The minimum atomic E-state index is -0.395. The van der Waals surface area contributed by atoms with E-state index in [1.165, 1.54) is 12.2 Å². The molecule has 0 saturated heterocycles. The number of nitrogens with one attached hydrogen (secondary N) is 1. The lowest BCUT2D eigenvalue weighted by atomic mass is 10.2. The van der Waals surface area contributed by atoms with E-state index in [-0.39, 0.29) is 18.9 Å². The Morgan fingerprint density at radius 3 is 2.06 bits per heavy atom. The van der Waals surface area contributed by atoms with Crippen LogP contribution in [0.3, 0.4) is 0 Å². The molecule has 1 aliphatic heterocycles. The highest BCUT2D eigenvalue weighted by Crippen LogP contribution is 2.21. The Morgan fingerprint density at radius 1 is 0.844 bits per heavy atom. The maximum absolute atomic E-state index is 11.7. The summed E-state index contributed by atoms with van der Waals surface area (Å²) < 4.78 is 21.7. The molecule has 5 N–H and O–H groups in total. The highest BCUT2D eigenvalue weighted by atomic mass is 16.6. The summed E-state index contributed by atoms with van der Waals surface area (Å²) >= 11 is 0. The topological polar surface area (TPSA) is 155 Å². The summed E-state index contributed by atoms with van der Waals surface area (Å²) in [7, 11) is 0. The molecule has 0 unspecified atom stereocenters. The summed E-state index contributed by atoms with van der Waals surface area (Å²) in [5.41, 5.74) is 12.3. The fraction of sp³-hybridized carbons (Fsp3) is 0.476. The van der Waals surface area contributed by atoms with Gasteiger partial charge in [0, 0.05) is 37.7 Å². The van der Waals surface area contributed by atoms with E-state index < -0.39 is 11.8 Å². The third-order valence-corrected chi connectivity index (χ3v) is 4.33. The van der Waals surface area contributed by atoms with Crippen LogP contribution in [0.4, 0.5) is 11.4 Å². The molecular weight excluding hydrogens is 420 g/mol. The van der Waals surface area contributed by atoms with Crippen molar-refractivity contribution in [1.29, 1.82) is 0 Å². The molecule has 1 aliphatic rings. The molecule has 0 fully saturated rings. The normalized spacial score (nSPS) is 13.1. The first-order valence-electron chi connectivity index (χ1n) is 10.3. The van der Waals surface area contributed by atoms with Crippen molar-refractivity contribution in [3.63, 3.8) is 0 Å². The number of nitrogens with two attached hydrogens (primary N) is 2. The smallest absolute Gasteiger partial charge is 0.253 e. The highest BCUT2D eigenvalue weighted by molar-refractivity contribution is 6.13. The number of ether oxygens (including phenoxy) is 4. The van der Waals surface area contributed by atoms with Crippen molar-refractivity contribution < 1.29 is 33.3 Å². The Bertz CT molecular complexity index is 782. The second-order valence-electron chi connectivity index (χ2n) is 6.74. The summed E-state index contributed by atoms with van der Waals surface area (Å²) in [4.78, 5) is 35.5. The number of hydrogen-bond donors (Lipinski definition) is 3. The molecule has 176 valence electrons. The summed E-state index contributed by atoms with van der Waals surface area (Å²) in [6, 6.07) is 5.10. The molecule has 2 rings (SSSR count). The van der Waals surface area contributed by atoms with Gasteiger partial charge in [-0.15, -0.1) is 0 Å². The number of imide groups is 1. The van der Waals surface area contributed by atoms with E-state index in [0.717, 1.165) is 4.90 Å². The number of carbonyl (C=O) groups excluding carboxylic acids is 3. The Labute approximate surface area is 186 Å². The van der Waals surface area contributed by atoms with Crippen LogP contribution in [-0.2, 0) is 28.6 Å². The maximum atomic E-state index is 11.7. The largest absolute Gasteiger partial charge is 0.491 e. The van der Waals surface area contributed by atoms with Gasteiger partial charge in [-0.1, -0.05) is 0 Å². The second kappa shape index (κ2) is 14.0. The lowest BCUT2D eigenvalue weighted by molar-refractivity contribution is -0.137. The average Bonchev–Trinajstić information content (AvgIpc) is 3.09. The molecule has 0 saturated carbocycles. The number of anilines is 2. The van der Waals surface area contributed by atoms with Crippen molar-refractivity contribution in [1.82, 2.24) is 10.2 Å². The molecule has 11 heteroatoms. The second-order valence-corrected chi connectivity index (χ2v) is 6.74. The van der Waals surface area contributed by atoms with Crippen molar-refractivity contribution in [3.05, 3.63) is 30.4 Å². The fourth-order valence-electron chi connectivity index (χ4n) is 2.62. The third kappa shape index (κ3) is 9.33. The predicted octanol–water partition coefficient (Wildman–Crippen LogP) is -0.289. The summed E-state index contributed by atoms with van der Waals surface area (Å²) in [6.07, 6.45) is 2.44. The number of nitrogen functional groups attached to an aromatic ring is 2. The van der Waals surface area contributed by atoms with Gasteiger partial charge in [0.05, 0.1) is 51.0 Å². The zero-order valence-electron chi connectivity index (χ0n) is 17.9. The van der Waals surface area contributed by atoms with E-state index in [0.29, 0.717) is 69.9 Å². The summed E-state index contributed by atoms with van der Waals surface area (Å²) in [5, 5.41) is 2.67. The molecule has 0 aromatic heterocycles. The van der Waals surface area contributed by atoms with Gasteiger partial charge in [0.25, 0.3) is 11.8 Å². The molecule has 11 nitrogen and oxygen atoms in total. The van der Waals surface area contributed by atoms with Gasteiger partial charge in [0.2, 0.25) is 5.91 Å². The Morgan fingerprint density at radius 2 is 1.44 bits per heavy atom. The van der Waals surface area contributed by atoms with Crippen LogP contribution in [0.25, 0.3) is 0 Å². The Balaban J connectivity index is 1.33.